The Labute approximate surface area is 115 Å². The molecule has 0 aliphatic heterocycles. The number of rotatable bonds is 0. The fraction of sp³-hybridized carbons (Fsp3) is 0.333. The number of alkyl halides is 2. The Bertz CT molecular complexity index is 438. The summed E-state index contributed by atoms with van der Waals surface area (Å²) in [5.41, 5.74) is 2.94. The maximum absolute atomic E-state index is 3.80. The van der Waals surface area contributed by atoms with Crippen LogP contribution in [0.1, 0.15) is 23.0 Å². The average Bonchev–Trinajstić information content (AvgIpc) is 2.24. The van der Waals surface area contributed by atoms with Crippen LogP contribution in [0.4, 0.5) is 0 Å². The molecule has 1 aromatic rings. The monoisotopic (exact) mass is 390 g/mol. The van der Waals surface area contributed by atoms with Gasteiger partial charge in [-0.2, -0.15) is 0 Å². The van der Waals surface area contributed by atoms with Crippen molar-refractivity contribution < 1.29 is 0 Å². The molecule has 0 spiro atoms. The highest BCUT2D eigenvalue weighted by molar-refractivity contribution is 9.12. The molecule has 2 bridgehead atoms. The molecule has 3 heteroatoms. The van der Waals surface area contributed by atoms with Gasteiger partial charge in [-0.1, -0.05) is 78.1 Å². The molecule has 0 radical (unpaired) electrons. The Morgan fingerprint density at radius 1 is 0.933 bits per heavy atom. The number of fused-ring (bicyclic) bond motifs is 1. The lowest BCUT2D eigenvalue weighted by Crippen LogP contribution is -2.37. The van der Waals surface area contributed by atoms with Crippen LogP contribution in [0.25, 0.3) is 0 Å². The molecule has 0 N–H and O–H groups in total. The van der Waals surface area contributed by atoms with Gasteiger partial charge >= 0.3 is 0 Å². The van der Waals surface area contributed by atoms with Gasteiger partial charge < -0.3 is 0 Å². The predicted octanol–water partition coefficient (Wildman–Crippen LogP) is 4.69. The van der Waals surface area contributed by atoms with Crippen LogP contribution in [-0.4, -0.2) is 9.65 Å². The Hall–Kier alpha value is 0.400. The van der Waals surface area contributed by atoms with Crippen LogP contribution >= 0.6 is 47.8 Å². The van der Waals surface area contributed by atoms with Crippen molar-refractivity contribution in [3.05, 3.63) is 46.0 Å². The fourth-order valence-electron chi connectivity index (χ4n) is 2.58. The van der Waals surface area contributed by atoms with Crippen molar-refractivity contribution in [1.29, 1.82) is 0 Å². The topological polar surface area (TPSA) is 0 Å². The Morgan fingerprint density at radius 3 is 2.33 bits per heavy atom. The quantitative estimate of drug-likeness (QED) is 0.562. The molecular formula is C12H9Br3. The molecule has 78 valence electrons. The van der Waals surface area contributed by atoms with Crippen molar-refractivity contribution >= 4 is 47.8 Å². The van der Waals surface area contributed by atoms with Gasteiger partial charge in [0.05, 0.1) is 0 Å². The lowest BCUT2D eigenvalue weighted by Gasteiger charge is -2.43. The number of hydrogen-bond acceptors (Lipinski definition) is 0. The van der Waals surface area contributed by atoms with Crippen LogP contribution in [-0.2, 0) is 0 Å². The van der Waals surface area contributed by atoms with Crippen LogP contribution in [0.15, 0.2) is 34.8 Å². The molecular weight excluding hydrogens is 384 g/mol. The normalized spacial score (nSPS) is 37.4. The number of halogens is 3. The second kappa shape index (κ2) is 3.71. The molecule has 0 fully saturated rings. The zero-order valence-corrected chi connectivity index (χ0v) is 12.6. The van der Waals surface area contributed by atoms with E-state index in [0.717, 1.165) is 0 Å². The first-order chi connectivity index (χ1) is 7.20. The van der Waals surface area contributed by atoms with E-state index in [1.165, 1.54) is 15.6 Å². The number of benzene rings is 1. The third-order valence-corrected chi connectivity index (χ3v) is 7.00. The standard InChI is InChI=1S/C12H9Br3/c13-9-5-8-6-3-1-2-4-7(6)10(9)12(15)11(8)14/h1-5,8,10-12H. The molecule has 0 nitrogen and oxygen atoms in total. The Balaban J connectivity index is 2.24. The molecule has 3 aliphatic carbocycles. The van der Waals surface area contributed by atoms with E-state index in [9.17, 15) is 0 Å². The highest BCUT2D eigenvalue weighted by Crippen LogP contribution is 2.55. The van der Waals surface area contributed by atoms with E-state index >= 15 is 0 Å². The maximum atomic E-state index is 3.80. The van der Waals surface area contributed by atoms with E-state index < -0.39 is 0 Å². The van der Waals surface area contributed by atoms with Crippen molar-refractivity contribution in [3.8, 4) is 0 Å². The largest absolute Gasteiger partial charge is 0.0868 e. The highest BCUT2D eigenvalue weighted by atomic mass is 79.9. The van der Waals surface area contributed by atoms with Gasteiger partial charge in [0, 0.05) is 26.0 Å². The minimum absolute atomic E-state index is 0.468. The summed E-state index contributed by atoms with van der Waals surface area (Å²) in [4.78, 5) is 0.982. The molecule has 4 rings (SSSR count). The summed E-state index contributed by atoms with van der Waals surface area (Å²) in [7, 11) is 0. The van der Waals surface area contributed by atoms with Gasteiger partial charge in [0.1, 0.15) is 0 Å². The van der Waals surface area contributed by atoms with E-state index in [1.807, 2.05) is 0 Å². The Kier molecular flexibility index (Phi) is 2.61. The fourth-order valence-corrected chi connectivity index (χ4v) is 5.39. The molecule has 1 aromatic carbocycles. The van der Waals surface area contributed by atoms with Gasteiger partial charge in [-0.3, -0.25) is 0 Å². The molecule has 0 amide bonds. The highest BCUT2D eigenvalue weighted by Gasteiger charge is 2.44. The van der Waals surface area contributed by atoms with Crippen molar-refractivity contribution in [2.75, 3.05) is 0 Å². The van der Waals surface area contributed by atoms with Crippen molar-refractivity contribution in [2.45, 2.75) is 21.5 Å². The number of hydrogen-bond donors (Lipinski definition) is 0. The first-order valence-electron chi connectivity index (χ1n) is 4.94. The minimum atomic E-state index is 0.468. The van der Waals surface area contributed by atoms with Crippen LogP contribution in [0.5, 0.6) is 0 Å². The summed E-state index contributed by atoms with van der Waals surface area (Å²) in [6.07, 6.45) is 2.34. The maximum Gasteiger partial charge on any atom is 0.0394 e. The lowest BCUT2D eigenvalue weighted by atomic mass is 9.71. The predicted molar refractivity (Wildman–Crippen MR) is 74.4 cm³/mol. The lowest BCUT2D eigenvalue weighted by molar-refractivity contribution is 0.592. The first-order valence-corrected chi connectivity index (χ1v) is 7.57. The molecule has 3 aliphatic rings. The van der Waals surface area contributed by atoms with Crippen molar-refractivity contribution in [3.63, 3.8) is 0 Å². The van der Waals surface area contributed by atoms with Gasteiger partial charge in [0.25, 0.3) is 0 Å². The molecule has 0 heterocycles. The molecule has 4 unspecified atom stereocenters. The summed E-state index contributed by atoms with van der Waals surface area (Å²) in [6.45, 7) is 0. The van der Waals surface area contributed by atoms with E-state index in [-0.39, 0.29) is 0 Å². The van der Waals surface area contributed by atoms with Crippen LogP contribution in [0.2, 0.25) is 0 Å². The average molecular weight is 393 g/mol. The smallest absolute Gasteiger partial charge is 0.0394 e. The second-order valence-electron chi connectivity index (χ2n) is 4.07. The Morgan fingerprint density at radius 2 is 1.60 bits per heavy atom. The van der Waals surface area contributed by atoms with E-state index in [1.54, 1.807) is 0 Å². The van der Waals surface area contributed by atoms with Gasteiger partial charge in [0.2, 0.25) is 0 Å². The summed E-state index contributed by atoms with van der Waals surface area (Å²) >= 11 is 11.3. The number of allylic oxidation sites excluding steroid dienone is 2. The summed E-state index contributed by atoms with van der Waals surface area (Å²) < 4.78 is 1.32. The third-order valence-electron chi connectivity index (χ3n) is 3.29. The molecule has 0 saturated heterocycles. The van der Waals surface area contributed by atoms with E-state index in [0.29, 0.717) is 21.5 Å². The van der Waals surface area contributed by atoms with Gasteiger partial charge in [-0.25, -0.2) is 0 Å². The van der Waals surface area contributed by atoms with Gasteiger partial charge in [0.15, 0.2) is 0 Å². The minimum Gasteiger partial charge on any atom is -0.0868 e. The van der Waals surface area contributed by atoms with Crippen LogP contribution < -0.4 is 0 Å². The molecule has 4 atom stereocenters. The van der Waals surface area contributed by atoms with E-state index in [2.05, 4.69) is 78.1 Å². The summed E-state index contributed by atoms with van der Waals surface area (Å²) in [5, 5.41) is 0. The zero-order valence-electron chi connectivity index (χ0n) is 7.83. The van der Waals surface area contributed by atoms with Gasteiger partial charge in [-0.15, -0.1) is 0 Å². The molecule has 0 saturated carbocycles. The first kappa shape index (κ1) is 10.5. The van der Waals surface area contributed by atoms with Gasteiger partial charge in [-0.05, 0) is 11.1 Å². The molecule has 15 heavy (non-hydrogen) atoms. The molecule has 0 aromatic heterocycles. The summed E-state index contributed by atoms with van der Waals surface area (Å²) in [6, 6.07) is 8.75. The van der Waals surface area contributed by atoms with Crippen molar-refractivity contribution in [1.82, 2.24) is 0 Å². The third kappa shape index (κ3) is 1.43. The van der Waals surface area contributed by atoms with Crippen molar-refractivity contribution in [2.24, 2.45) is 0 Å². The van der Waals surface area contributed by atoms with E-state index in [4.69, 9.17) is 0 Å². The van der Waals surface area contributed by atoms with Crippen LogP contribution in [0, 0.1) is 0 Å². The summed E-state index contributed by atoms with van der Waals surface area (Å²) in [5.74, 6) is 0.959. The second-order valence-corrected chi connectivity index (χ2v) is 7.10. The van der Waals surface area contributed by atoms with Crippen LogP contribution in [0.3, 0.4) is 0 Å². The SMILES string of the molecule is BrC1=CC2c3ccccc3C1C(Br)C2Br. The zero-order chi connectivity index (χ0) is 10.6.